The molecule has 0 heterocycles. The van der Waals surface area contributed by atoms with Gasteiger partial charge in [0.15, 0.2) is 6.61 Å². The van der Waals surface area contributed by atoms with Crippen molar-refractivity contribution in [2.24, 2.45) is 0 Å². The summed E-state index contributed by atoms with van der Waals surface area (Å²) in [5.74, 6) is 0.0223. The second-order valence-corrected chi connectivity index (χ2v) is 3.56. The number of rotatable bonds is 3. The van der Waals surface area contributed by atoms with Crippen LogP contribution in [0.3, 0.4) is 0 Å². The van der Waals surface area contributed by atoms with Gasteiger partial charge < -0.3 is 4.74 Å². The molecule has 0 spiro atoms. The molecule has 0 aromatic heterocycles. The first-order chi connectivity index (χ1) is 7.58. The monoisotopic (exact) mass is 260 g/mol. The van der Waals surface area contributed by atoms with E-state index in [1.807, 2.05) is 5.43 Å². The Bertz CT molecular complexity index is 383. The zero-order chi connectivity index (χ0) is 12.0. The fourth-order valence-electron chi connectivity index (χ4n) is 0.839. The first-order valence-electron chi connectivity index (χ1n) is 4.24. The first-order valence-corrected chi connectivity index (χ1v) is 5.06. The van der Waals surface area contributed by atoms with E-state index in [0.717, 1.165) is 0 Å². The van der Waals surface area contributed by atoms with Crippen LogP contribution in [0.5, 0.6) is 5.75 Å². The lowest BCUT2D eigenvalue weighted by molar-refractivity contribution is -0.123. The van der Waals surface area contributed by atoms with Crippen LogP contribution in [0.1, 0.15) is 0 Å². The van der Waals surface area contributed by atoms with Gasteiger partial charge in [-0.2, -0.15) is 0 Å². The van der Waals surface area contributed by atoms with E-state index in [-0.39, 0.29) is 6.61 Å². The third-order valence-electron chi connectivity index (χ3n) is 1.49. The summed E-state index contributed by atoms with van der Waals surface area (Å²) < 4.78 is 5.11. The molecular formula is C9H9ClN2O3S. The van der Waals surface area contributed by atoms with Crippen LogP contribution in [-0.2, 0) is 4.79 Å². The molecule has 2 amide bonds. The number of hydrogen-bond donors (Lipinski definition) is 3. The molecule has 2 N–H and O–H groups in total. The minimum atomic E-state index is -0.653. The molecular weight excluding hydrogens is 252 g/mol. The zero-order valence-electron chi connectivity index (χ0n) is 8.07. The fraction of sp³-hybridized carbons (Fsp3) is 0.111. The standard InChI is InChI=1S/C9H9ClN2O3S/c10-6-1-3-7(4-2-6)15-5-8(13)11-12-9(14)16/h1-4H,5H2,(H,11,13)(H2,12,14,16). The Labute approximate surface area is 102 Å². The molecule has 0 fully saturated rings. The third-order valence-corrected chi connectivity index (χ3v) is 1.86. The highest BCUT2D eigenvalue weighted by Gasteiger charge is 2.02. The van der Waals surface area contributed by atoms with E-state index in [1.165, 1.54) is 0 Å². The lowest BCUT2D eigenvalue weighted by atomic mass is 10.3. The number of nitrogens with one attached hydrogen (secondary N) is 2. The second-order valence-electron chi connectivity index (χ2n) is 2.72. The summed E-state index contributed by atoms with van der Waals surface area (Å²) in [6, 6.07) is 6.55. The second kappa shape index (κ2) is 6.24. The van der Waals surface area contributed by atoms with E-state index < -0.39 is 11.1 Å². The van der Waals surface area contributed by atoms with E-state index in [4.69, 9.17) is 16.3 Å². The summed E-state index contributed by atoms with van der Waals surface area (Å²) in [6.07, 6.45) is 0. The molecule has 1 aromatic carbocycles. The van der Waals surface area contributed by atoms with Crippen molar-refractivity contribution >= 4 is 35.4 Å². The van der Waals surface area contributed by atoms with Crippen LogP contribution in [-0.4, -0.2) is 17.8 Å². The van der Waals surface area contributed by atoms with E-state index >= 15 is 0 Å². The van der Waals surface area contributed by atoms with Gasteiger partial charge in [0.1, 0.15) is 5.75 Å². The number of hydrogen-bond acceptors (Lipinski definition) is 3. The van der Waals surface area contributed by atoms with Gasteiger partial charge in [0.05, 0.1) is 0 Å². The van der Waals surface area contributed by atoms with Crippen molar-refractivity contribution in [3.63, 3.8) is 0 Å². The Morgan fingerprint density at radius 1 is 1.25 bits per heavy atom. The number of carbonyl (C=O) groups is 2. The van der Waals surface area contributed by atoms with Crippen molar-refractivity contribution in [2.45, 2.75) is 0 Å². The van der Waals surface area contributed by atoms with Gasteiger partial charge in [0.25, 0.3) is 11.1 Å². The summed E-state index contributed by atoms with van der Waals surface area (Å²) in [5, 5.41) is -0.0704. The van der Waals surface area contributed by atoms with Gasteiger partial charge in [-0.15, -0.1) is 0 Å². The zero-order valence-corrected chi connectivity index (χ0v) is 9.72. The van der Waals surface area contributed by atoms with E-state index in [0.29, 0.717) is 10.8 Å². The molecule has 86 valence electrons. The number of ether oxygens (including phenoxy) is 1. The molecule has 16 heavy (non-hydrogen) atoms. The van der Waals surface area contributed by atoms with Crippen LogP contribution in [0.4, 0.5) is 4.79 Å². The maximum atomic E-state index is 11.1. The molecule has 5 nitrogen and oxygen atoms in total. The minimum absolute atomic E-state index is 0.213. The summed E-state index contributed by atoms with van der Waals surface area (Å²) in [4.78, 5) is 21.4. The Morgan fingerprint density at radius 3 is 2.44 bits per heavy atom. The molecule has 0 saturated carbocycles. The highest BCUT2D eigenvalue weighted by Crippen LogP contribution is 2.15. The largest absolute Gasteiger partial charge is 0.484 e. The number of amides is 2. The third kappa shape index (κ3) is 4.90. The maximum Gasteiger partial charge on any atom is 0.294 e. The van der Waals surface area contributed by atoms with Gasteiger partial charge in [-0.1, -0.05) is 24.2 Å². The molecule has 0 bridgehead atoms. The van der Waals surface area contributed by atoms with Gasteiger partial charge in [-0.05, 0) is 24.3 Å². The lowest BCUT2D eigenvalue weighted by Crippen LogP contribution is -2.41. The molecule has 0 atom stereocenters. The number of thiol groups is 1. The summed E-state index contributed by atoms with van der Waals surface area (Å²) in [6.45, 7) is -0.213. The van der Waals surface area contributed by atoms with Gasteiger partial charge in [0, 0.05) is 5.02 Å². The first kappa shape index (κ1) is 12.7. The summed E-state index contributed by atoms with van der Waals surface area (Å²) in [7, 11) is 0. The van der Waals surface area contributed by atoms with Gasteiger partial charge in [-0.25, -0.2) is 0 Å². The number of halogens is 1. The molecule has 0 aliphatic carbocycles. The van der Waals surface area contributed by atoms with Crippen molar-refractivity contribution < 1.29 is 14.3 Å². The molecule has 0 saturated heterocycles. The van der Waals surface area contributed by atoms with Gasteiger partial charge in [-0.3, -0.25) is 20.4 Å². The van der Waals surface area contributed by atoms with Crippen LogP contribution in [0.25, 0.3) is 0 Å². The van der Waals surface area contributed by atoms with Crippen LogP contribution in [0.2, 0.25) is 5.02 Å². The SMILES string of the molecule is O=C(S)NNC(=O)COc1ccc(Cl)cc1. The van der Waals surface area contributed by atoms with E-state index in [1.54, 1.807) is 24.3 Å². The minimum Gasteiger partial charge on any atom is -0.484 e. The van der Waals surface area contributed by atoms with Crippen LogP contribution in [0, 0.1) is 0 Å². The Kier molecular flexibility index (Phi) is 4.94. The van der Waals surface area contributed by atoms with Crippen molar-refractivity contribution in [2.75, 3.05) is 6.61 Å². The maximum absolute atomic E-state index is 11.1. The van der Waals surface area contributed by atoms with Crippen LogP contribution >= 0.6 is 24.2 Å². The summed E-state index contributed by atoms with van der Waals surface area (Å²) in [5.41, 5.74) is 4.11. The van der Waals surface area contributed by atoms with E-state index in [2.05, 4.69) is 18.1 Å². The number of hydrazine groups is 1. The quantitative estimate of drug-likeness (QED) is 0.568. The summed E-state index contributed by atoms with van der Waals surface area (Å²) >= 11 is 9.07. The highest BCUT2D eigenvalue weighted by molar-refractivity contribution is 7.96. The van der Waals surface area contributed by atoms with E-state index in [9.17, 15) is 9.59 Å². The molecule has 1 rings (SSSR count). The topological polar surface area (TPSA) is 67.4 Å². The van der Waals surface area contributed by atoms with Crippen LogP contribution < -0.4 is 15.6 Å². The predicted molar refractivity (Wildman–Crippen MR) is 62.6 cm³/mol. The average Bonchev–Trinajstić information content (AvgIpc) is 2.25. The molecule has 7 heteroatoms. The Hall–Kier alpha value is -1.40. The Morgan fingerprint density at radius 2 is 1.88 bits per heavy atom. The van der Waals surface area contributed by atoms with Gasteiger partial charge >= 0.3 is 0 Å². The van der Waals surface area contributed by atoms with Crippen molar-refractivity contribution in [1.29, 1.82) is 0 Å². The fourth-order valence-corrected chi connectivity index (χ4v) is 1.02. The predicted octanol–water partition coefficient (Wildman–Crippen LogP) is 1.39. The number of carbonyl (C=O) groups excluding carboxylic acids is 2. The highest BCUT2D eigenvalue weighted by atomic mass is 35.5. The molecule has 0 radical (unpaired) electrons. The molecule has 0 unspecified atom stereocenters. The molecule has 1 aromatic rings. The molecule has 0 aliphatic heterocycles. The van der Waals surface area contributed by atoms with Crippen molar-refractivity contribution in [3.05, 3.63) is 29.3 Å². The van der Waals surface area contributed by atoms with Crippen LogP contribution in [0.15, 0.2) is 24.3 Å². The normalized spacial score (nSPS) is 9.38. The molecule has 0 aliphatic rings. The lowest BCUT2D eigenvalue weighted by Gasteiger charge is -2.06. The number of benzene rings is 1. The van der Waals surface area contributed by atoms with Gasteiger partial charge in [0.2, 0.25) is 0 Å². The average molecular weight is 261 g/mol. The Balaban J connectivity index is 2.31. The smallest absolute Gasteiger partial charge is 0.294 e. The van der Waals surface area contributed by atoms with Crippen molar-refractivity contribution in [1.82, 2.24) is 10.9 Å². The van der Waals surface area contributed by atoms with Crippen molar-refractivity contribution in [3.8, 4) is 5.75 Å².